The third-order valence-corrected chi connectivity index (χ3v) is 7.07. The molecule has 2 amide bonds. The largest absolute Gasteiger partial charge is 0.381 e. The molecule has 1 aliphatic carbocycles. The van der Waals surface area contributed by atoms with E-state index >= 15 is 0 Å². The summed E-state index contributed by atoms with van der Waals surface area (Å²) in [4.78, 5) is 41.2. The van der Waals surface area contributed by atoms with Gasteiger partial charge in [-0.15, -0.1) is 0 Å². The molecule has 3 N–H and O–H groups in total. The van der Waals surface area contributed by atoms with Crippen LogP contribution in [0.15, 0.2) is 24.4 Å². The number of aromatic nitrogens is 1. The first kappa shape index (κ1) is 25.0. The van der Waals surface area contributed by atoms with Crippen molar-refractivity contribution in [2.24, 2.45) is 11.1 Å². The lowest BCUT2D eigenvalue weighted by molar-refractivity contribution is -0.132. The van der Waals surface area contributed by atoms with Crippen molar-refractivity contribution in [3.63, 3.8) is 0 Å². The summed E-state index contributed by atoms with van der Waals surface area (Å²) in [6, 6.07) is 5.73. The lowest BCUT2D eigenvalue weighted by atomic mass is 9.75. The van der Waals surface area contributed by atoms with Gasteiger partial charge < -0.3 is 25.4 Å². The molecule has 1 fully saturated rings. The predicted octanol–water partition coefficient (Wildman–Crippen LogP) is 3.00. The average molecular weight is 480 g/mol. The monoisotopic (exact) mass is 479 g/mol. The topological polar surface area (TPSA) is 101 Å². The van der Waals surface area contributed by atoms with Crippen molar-refractivity contribution in [1.29, 1.82) is 0 Å². The highest BCUT2D eigenvalue weighted by Gasteiger charge is 2.35. The third-order valence-electron chi connectivity index (χ3n) is 7.07. The molecule has 0 saturated carbocycles. The van der Waals surface area contributed by atoms with E-state index in [9.17, 15) is 14.4 Å². The van der Waals surface area contributed by atoms with Crippen LogP contribution in [0.4, 0.5) is 5.69 Å². The molecule has 0 radical (unpaired) electrons. The Morgan fingerprint density at radius 3 is 2.49 bits per heavy atom. The lowest BCUT2D eigenvalue weighted by Gasteiger charge is -2.34. The van der Waals surface area contributed by atoms with E-state index in [1.807, 2.05) is 49.1 Å². The van der Waals surface area contributed by atoms with E-state index in [4.69, 9.17) is 5.73 Å². The van der Waals surface area contributed by atoms with E-state index in [-0.39, 0.29) is 23.1 Å². The van der Waals surface area contributed by atoms with Gasteiger partial charge in [0.2, 0.25) is 5.91 Å². The zero-order valence-corrected chi connectivity index (χ0v) is 21.5. The first-order chi connectivity index (χ1) is 16.4. The maximum absolute atomic E-state index is 12.9. The molecule has 1 aromatic heterocycles. The molecule has 8 nitrogen and oxygen atoms in total. The van der Waals surface area contributed by atoms with E-state index in [1.165, 1.54) is 0 Å². The highest BCUT2D eigenvalue weighted by molar-refractivity contribution is 6.01. The van der Waals surface area contributed by atoms with E-state index in [0.29, 0.717) is 37.3 Å². The minimum absolute atomic E-state index is 0.0984. The molecule has 1 saturated heterocycles. The number of likely N-dealkylation sites (N-methyl/N-ethyl adjacent to an activating group) is 1. The summed E-state index contributed by atoms with van der Waals surface area (Å²) in [6.45, 7) is 7.99. The van der Waals surface area contributed by atoms with E-state index < -0.39 is 5.91 Å². The van der Waals surface area contributed by atoms with Crippen LogP contribution in [0.25, 0.3) is 5.69 Å². The van der Waals surface area contributed by atoms with Crippen molar-refractivity contribution in [1.82, 2.24) is 14.4 Å². The molecule has 35 heavy (non-hydrogen) atoms. The predicted molar refractivity (Wildman–Crippen MR) is 137 cm³/mol. The Kier molecular flexibility index (Phi) is 6.77. The van der Waals surface area contributed by atoms with Gasteiger partial charge in [0.25, 0.3) is 5.91 Å². The molecule has 2 aromatic rings. The van der Waals surface area contributed by atoms with Crippen LogP contribution >= 0.6 is 0 Å². The zero-order chi connectivity index (χ0) is 25.5. The first-order valence-corrected chi connectivity index (χ1v) is 12.3. The molecule has 2 heterocycles. The van der Waals surface area contributed by atoms with Crippen molar-refractivity contribution in [3.8, 4) is 5.69 Å². The number of rotatable bonds is 6. The number of piperidine rings is 1. The number of hydrogen-bond donors (Lipinski definition) is 2. The summed E-state index contributed by atoms with van der Waals surface area (Å²) in [5.74, 6) is -0.159. The molecule has 1 aromatic carbocycles. The molecule has 8 heteroatoms. The third kappa shape index (κ3) is 5.27. The quantitative estimate of drug-likeness (QED) is 0.663. The summed E-state index contributed by atoms with van der Waals surface area (Å²) in [7, 11) is 3.79. The van der Waals surface area contributed by atoms with Crippen LogP contribution in [0.3, 0.4) is 0 Å². The van der Waals surface area contributed by atoms with Crippen LogP contribution in [0.1, 0.15) is 65.1 Å². The summed E-state index contributed by atoms with van der Waals surface area (Å²) < 4.78 is 2.09. The van der Waals surface area contributed by atoms with Crippen molar-refractivity contribution >= 4 is 23.3 Å². The molecular formula is C27H37N5O3. The van der Waals surface area contributed by atoms with Gasteiger partial charge in [-0.1, -0.05) is 13.8 Å². The van der Waals surface area contributed by atoms with E-state index in [2.05, 4.69) is 23.7 Å². The summed E-state index contributed by atoms with van der Waals surface area (Å²) in [5, 5.41) is 3.52. The Hall–Kier alpha value is -3.13. The summed E-state index contributed by atoms with van der Waals surface area (Å²) >= 11 is 0. The summed E-state index contributed by atoms with van der Waals surface area (Å²) in [6.07, 6.45) is 4.96. The Balaban J connectivity index is 1.59. The second kappa shape index (κ2) is 9.49. The SMILES string of the molecule is Cc1cn(-c2ccc(C(N)=O)c(NC3CCN(C(=O)CN(C)C)CC3)c2)c2c1C(=O)CC(C)(C)C2. The number of primary amides is 1. The number of benzene rings is 1. The van der Waals surface area contributed by atoms with Gasteiger partial charge in [-0.25, -0.2) is 0 Å². The number of carbonyl (C=O) groups excluding carboxylic acids is 3. The molecule has 4 rings (SSSR count). The fourth-order valence-electron chi connectivity index (χ4n) is 5.39. The van der Waals surface area contributed by atoms with Gasteiger partial charge >= 0.3 is 0 Å². The normalized spacial score (nSPS) is 18.0. The van der Waals surface area contributed by atoms with Crippen molar-refractivity contribution in [2.45, 2.75) is 52.5 Å². The molecule has 0 unspecified atom stereocenters. The molecule has 188 valence electrons. The Morgan fingerprint density at radius 2 is 1.86 bits per heavy atom. The van der Waals surface area contributed by atoms with Crippen LogP contribution in [0.2, 0.25) is 0 Å². The van der Waals surface area contributed by atoms with Gasteiger partial charge in [0, 0.05) is 54.4 Å². The maximum atomic E-state index is 12.9. The number of nitrogens with one attached hydrogen (secondary N) is 1. The number of likely N-dealkylation sites (tertiary alicyclic amines) is 1. The number of anilines is 1. The van der Waals surface area contributed by atoms with Crippen molar-refractivity contribution in [2.75, 3.05) is 39.0 Å². The van der Waals surface area contributed by atoms with Crippen molar-refractivity contribution < 1.29 is 14.4 Å². The van der Waals surface area contributed by atoms with Gasteiger partial charge in [-0.3, -0.25) is 14.4 Å². The van der Waals surface area contributed by atoms with Crippen LogP contribution in [-0.2, 0) is 11.2 Å². The fourth-order valence-corrected chi connectivity index (χ4v) is 5.39. The number of carbonyl (C=O) groups is 3. The minimum atomic E-state index is -0.486. The van der Waals surface area contributed by atoms with Crippen LogP contribution in [0.5, 0.6) is 0 Å². The highest BCUT2D eigenvalue weighted by atomic mass is 16.2. The highest BCUT2D eigenvalue weighted by Crippen LogP contribution is 2.38. The smallest absolute Gasteiger partial charge is 0.250 e. The van der Waals surface area contributed by atoms with E-state index in [1.54, 1.807) is 6.07 Å². The Labute approximate surface area is 207 Å². The molecule has 0 atom stereocenters. The standard InChI is InChI=1S/C27H37N5O3/c1-17-15-32(22-13-27(2,3)14-23(33)25(17)22)19-6-7-20(26(28)35)21(12-19)29-18-8-10-31(11-9-18)24(34)16-30(4)5/h6-7,12,15,18,29H,8-11,13-14,16H2,1-5H3,(H2,28,35). The molecule has 0 spiro atoms. The van der Waals surface area contributed by atoms with Crippen LogP contribution in [-0.4, -0.2) is 71.7 Å². The number of fused-ring (bicyclic) bond motifs is 1. The number of nitrogens with zero attached hydrogens (tertiary/aromatic N) is 3. The van der Waals surface area contributed by atoms with Gasteiger partial charge in [0.15, 0.2) is 5.78 Å². The van der Waals surface area contributed by atoms with E-state index in [0.717, 1.165) is 41.8 Å². The fraction of sp³-hybridized carbons (Fsp3) is 0.519. The molecular weight excluding hydrogens is 442 g/mol. The van der Waals surface area contributed by atoms with Crippen LogP contribution < -0.4 is 11.1 Å². The van der Waals surface area contributed by atoms with Gasteiger partial charge in [0.1, 0.15) is 0 Å². The number of ketones is 1. The molecule has 2 aliphatic rings. The Morgan fingerprint density at radius 1 is 1.17 bits per heavy atom. The van der Waals surface area contributed by atoms with Crippen LogP contribution in [0, 0.1) is 12.3 Å². The molecule has 1 aliphatic heterocycles. The Bertz CT molecular complexity index is 1160. The number of amides is 2. The summed E-state index contributed by atoms with van der Waals surface area (Å²) in [5.41, 5.74) is 10.4. The maximum Gasteiger partial charge on any atom is 0.250 e. The number of Topliss-reactive ketones (excluding diaryl/α,β-unsaturated/α-hetero) is 1. The second-order valence-electron chi connectivity index (χ2n) is 11.1. The molecule has 0 bridgehead atoms. The van der Waals surface area contributed by atoms with Gasteiger partial charge in [0.05, 0.1) is 12.1 Å². The number of hydrogen-bond acceptors (Lipinski definition) is 5. The lowest BCUT2D eigenvalue weighted by Crippen LogP contribution is -2.45. The first-order valence-electron chi connectivity index (χ1n) is 12.3. The minimum Gasteiger partial charge on any atom is -0.381 e. The van der Waals surface area contributed by atoms with Crippen molar-refractivity contribution in [3.05, 3.63) is 46.8 Å². The van der Waals surface area contributed by atoms with Gasteiger partial charge in [-0.05, 0) is 69.5 Å². The zero-order valence-electron chi connectivity index (χ0n) is 21.5. The average Bonchev–Trinajstić information content (AvgIpc) is 3.08. The number of nitrogens with two attached hydrogens (primary N) is 1. The number of aryl methyl sites for hydroxylation is 1. The second-order valence-corrected chi connectivity index (χ2v) is 11.1. The van der Waals surface area contributed by atoms with Gasteiger partial charge in [-0.2, -0.15) is 0 Å².